The quantitative estimate of drug-likeness (QED) is 0.805. The van der Waals surface area contributed by atoms with Gasteiger partial charge in [0.15, 0.2) is 0 Å². The third-order valence-corrected chi connectivity index (χ3v) is 2.28. The number of nitriles is 1. The molecule has 0 bridgehead atoms. The summed E-state index contributed by atoms with van der Waals surface area (Å²) in [5, 5.41) is 8.92. The van der Waals surface area contributed by atoms with Crippen LogP contribution >= 0.6 is 0 Å². The summed E-state index contributed by atoms with van der Waals surface area (Å²) in [6.45, 7) is 1.87. The fourth-order valence-electron chi connectivity index (χ4n) is 1.41. The molecule has 1 unspecified atom stereocenters. The van der Waals surface area contributed by atoms with Gasteiger partial charge >= 0.3 is 0 Å². The van der Waals surface area contributed by atoms with Crippen LogP contribution in [0.3, 0.4) is 0 Å². The third kappa shape index (κ3) is 2.58. The number of hydrogen-bond acceptors (Lipinski definition) is 4. The Hall–Kier alpha value is -2.41. The summed E-state index contributed by atoms with van der Waals surface area (Å²) in [4.78, 5) is 8.24. The van der Waals surface area contributed by atoms with Gasteiger partial charge in [0.2, 0.25) is 5.88 Å². The van der Waals surface area contributed by atoms with Crippen molar-refractivity contribution in [2.24, 2.45) is 0 Å². The molecule has 2 aromatic rings. The Morgan fingerprint density at radius 1 is 1.18 bits per heavy atom. The molecule has 0 fully saturated rings. The van der Waals surface area contributed by atoms with E-state index in [0.29, 0.717) is 11.4 Å². The highest BCUT2D eigenvalue weighted by Gasteiger charge is 2.11. The average Bonchev–Trinajstić information content (AvgIpc) is 2.40. The van der Waals surface area contributed by atoms with Crippen molar-refractivity contribution in [3.8, 4) is 11.9 Å². The minimum absolute atomic E-state index is 0.238. The van der Waals surface area contributed by atoms with Crippen LogP contribution < -0.4 is 4.74 Å². The van der Waals surface area contributed by atoms with E-state index in [9.17, 15) is 0 Å². The van der Waals surface area contributed by atoms with Crippen molar-refractivity contribution in [3.05, 3.63) is 54.0 Å². The lowest BCUT2D eigenvalue weighted by Crippen LogP contribution is -2.07. The van der Waals surface area contributed by atoms with Gasteiger partial charge in [0.1, 0.15) is 17.7 Å². The summed E-state index contributed by atoms with van der Waals surface area (Å²) in [6.07, 6.45) is 3.07. The van der Waals surface area contributed by atoms with Crippen molar-refractivity contribution in [3.63, 3.8) is 0 Å². The Labute approximate surface area is 99.5 Å². The Balaban J connectivity index is 2.19. The molecule has 0 N–H and O–H groups in total. The fourth-order valence-corrected chi connectivity index (χ4v) is 1.41. The van der Waals surface area contributed by atoms with Crippen LogP contribution in [0.4, 0.5) is 0 Å². The number of rotatable bonds is 3. The van der Waals surface area contributed by atoms with Gasteiger partial charge in [-0.15, -0.1) is 0 Å². The highest BCUT2D eigenvalue weighted by atomic mass is 16.5. The van der Waals surface area contributed by atoms with Crippen molar-refractivity contribution in [1.82, 2.24) is 9.97 Å². The minimum atomic E-state index is -0.238. The number of hydrogen-bond donors (Lipinski definition) is 0. The standard InChI is InChI=1S/C13H11N3O/c1-10(12-6-2-3-7-15-12)17-13-11(9-14)5-4-8-16-13/h2-8,10H,1H3. The van der Waals surface area contributed by atoms with Crippen LogP contribution in [-0.2, 0) is 0 Å². The van der Waals surface area contributed by atoms with E-state index in [0.717, 1.165) is 5.69 Å². The molecule has 1 atom stereocenters. The Bertz CT molecular complexity index is 534. The SMILES string of the molecule is CC(Oc1ncccc1C#N)c1ccccn1. The van der Waals surface area contributed by atoms with Gasteiger partial charge in [-0.3, -0.25) is 4.98 Å². The smallest absolute Gasteiger partial charge is 0.232 e. The van der Waals surface area contributed by atoms with Crippen LogP contribution in [0.15, 0.2) is 42.7 Å². The zero-order valence-corrected chi connectivity index (χ0v) is 9.37. The molecule has 0 saturated heterocycles. The molecule has 84 valence electrons. The molecule has 0 amide bonds. The van der Waals surface area contributed by atoms with Crippen molar-refractivity contribution in [2.45, 2.75) is 13.0 Å². The zero-order chi connectivity index (χ0) is 12.1. The summed E-state index contributed by atoms with van der Waals surface area (Å²) < 4.78 is 5.63. The van der Waals surface area contributed by atoms with Crippen molar-refractivity contribution >= 4 is 0 Å². The first kappa shape index (κ1) is 11.1. The van der Waals surface area contributed by atoms with Crippen molar-refractivity contribution < 1.29 is 4.74 Å². The average molecular weight is 225 g/mol. The highest BCUT2D eigenvalue weighted by molar-refractivity contribution is 5.37. The molecule has 17 heavy (non-hydrogen) atoms. The van der Waals surface area contributed by atoms with E-state index in [2.05, 4.69) is 9.97 Å². The Kier molecular flexibility index (Phi) is 3.31. The monoisotopic (exact) mass is 225 g/mol. The van der Waals surface area contributed by atoms with Gasteiger partial charge in [0.05, 0.1) is 5.69 Å². The van der Waals surface area contributed by atoms with Crippen LogP contribution in [0.1, 0.15) is 24.3 Å². The first-order valence-electron chi connectivity index (χ1n) is 5.24. The van der Waals surface area contributed by atoms with Crippen LogP contribution in [0.25, 0.3) is 0 Å². The predicted molar refractivity (Wildman–Crippen MR) is 62.2 cm³/mol. The van der Waals surface area contributed by atoms with Crippen LogP contribution in [0, 0.1) is 11.3 Å². The van der Waals surface area contributed by atoms with E-state index >= 15 is 0 Å². The minimum Gasteiger partial charge on any atom is -0.467 e. The number of nitrogens with zero attached hydrogens (tertiary/aromatic N) is 3. The molecule has 2 aromatic heterocycles. The number of ether oxygens (including phenoxy) is 1. The van der Waals surface area contributed by atoms with Crippen molar-refractivity contribution in [2.75, 3.05) is 0 Å². The summed E-state index contributed by atoms with van der Waals surface area (Å²) in [6, 6.07) is 11.0. The van der Waals surface area contributed by atoms with E-state index in [1.54, 1.807) is 24.5 Å². The third-order valence-electron chi connectivity index (χ3n) is 2.28. The van der Waals surface area contributed by atoms with E-state index < -0.39 is 0 Å². The lowest BCUT2D eigenvalue weighted by Gasteiger charge is -2.13. The van der Waals surface area contributed by atoms with Gasteiger partial charge in [-0.1, -0.05) is 6.07 Å². The van der Waals surface area contributed by atoms with E-state index in [4.69, 9.17) is 10.00 Å². The van der Waals surface area contributed by atoms with Gasteiger partial charge < -0.3 is 4.74 Å². The molecule has 0 radical (unpaired) electrons. The lowest BCUT2D eigenvalue weighted by atomic mass is 10.2. The van der Waals surface area contributed by atoms with E-state index in [1.807, 2.05) is 31.2 Å². The van der Waals surface area contributed by atoms with Crippen molar-refractivity contribution in [1.29, 1.82) is 5.26 Å². The maximum absolute atomic E-state index is 8.92. The summed E-state index contributed by atoms with van der Waals surface area (Å²) in [7, 11) is 0. The molecule has 2 heterocycles. The van der Waals surface area contributed by atoms with Gasteiger partial charge in [-0.05, 0) is 31.2 Å². The van der Waals surface area contributed by atoms with Crippen LogP contribution in [0.2, 0.25) is 0 Å². The maximum Gasteiger partial charge on any atom is 0.232 e. The summed E-state index contributed by atoms with van der Waals surface area (Å²) in [5.74, 6) is 0.341. The molecule has 4 heteroatoms. The molecule has 0 aromatic carbocycles. The first-order chi connectivity index (χ1) is 8.31. The van der Waals surface area contributed by atoms with Crippen LogP contribution in [0.5, 0.6) is 5.88 Å². The molecule has 0 aliphatic rings. The van der Waals surface area contributed by atoms with Gasteiger partial charge in [-0.25, -0.2) is 4.98 Å². The second-order valence-corrected chi connectivity index (χ2v) is 3.48. The Morgan fingerprint density at radius 2 is 2.00 bits per heavy atom. The second kappa shape index (κ2) is 5.08. The largest absolute Gasteiger partial charge is 0.467 e. The summed E-state index contributed by atoms with van der Waals surface area (Å²) >= 11 is 0. The molecule has 0 aliphatic heterocycles. The van der Waals surface area contributed by atoms with E-state index in [-0.39, 0.29) is 6.10 Å². The van der Waals surface area contributed by atoms with Crippen LogP contribution in [-0.4, -0.2) is 9.97 Å². The molecule has 0 spiro atoms. The molecule has 4 nitrogen and oxygen atoms in total. The van der Waals surface area contributed by atoms with Gasteiger partial charge in [0, 0.05) is 12.4 Å². The summed E-state index contributed by atoms with van der Waals surface area (Å²) in [5.41, 5.74) is 1.23. The van der Waals surface area contributed by atoms with Gasteiger partial charge in [0.25, 0.3) is 0 Å². The zero-order valence-electron chi connectivity index (χ0n) is 9.37. The maximum atomic E-state index is 8.92. The molecular weight excluding hydrogens is 214 g/mol. The second-order valence-electron chi connectivity index (χ2n) is 3.48. The highest BCUT2D eigenvalue weighted by Crippen LogP contribution is 2.20. The van der Waals surface area contributed by atoms with Gasteiger partial charge in [-0.2, -0.15) is 5.26 Å². The lowest BCUT2D eigenvalue weighted by molar-refractivity contribution is 0.212. The Morgan fingerprint density at radius 3 is 2.71 bits per heavy atom. The fraction of sp³-hybridized carbons (Fsp3) is 0.154. The molecule has 0 aliphatic carbocycles. The topological polar surface area (TPSA) is 58.8 Å². The van der Waals surface area contributed by atoms with E-state index in [1.165, 1.54) is 0 Å². The first-order valence-corrected chi connectivity index (χ1v) is 5.24. The normalized spacial score (nSPS) is 11.5. The molecular formula is C13H11N3O. The molecule has 0 saturated carbocycles. The number of aromatic nitrogens is 2. The predicted octanol–water partition coefficient (Wildman–Crippen LogP) is 2.49. The molecule has 2 rings (SSSR count). The number of pyridine rings is 2.